The molecular weight excluding hydrogens is 604 g/mol. The number of likely N-dealkylation sites (tertiary alicyclic amines) is 1. The second-order valence-electron chi connectivity index (χ2n) is 13.5. The van der Waals surface area contributed by atoms with Gasteiger partial charge in [0.15, 0.2) is 11.5 Å². The van der Waals surface area contributed by atoms with Crippen LogP contribution in [0.5, 0.6) is 11.5 Å². The van der Waals surface area contributed by atoms with Gasteiger partial charge in [-0.15, -0.1) is 22.6 Å². The third-order valence-electron chi connectivity index (χ3n) is 9.53. The van der Waals surface area contributed by atoms with Gasteiger partial charge in [-0.05, 0) is 92.6 Å². The number of hydrogen-bond donors (Lipinski definition) is 3. The van der Waals surface area contributed by atoms with E-state index in [4.69, 9.17) is 9.47 Å². The number of fused-ring (bicyclic) bond motifs is 2. The van der Waals surface area contributed by atoms with Gasteiger partial charge in [-0.3, -0.25) is 9.30 Å². The summed E-state index contributed by atoms with van der Waals surface area (Å²) >= 11 is 0. The van der Waals surface area contributed by atoms with E-state index in [1.165, 1.54) is 0 Å². The van der Waals surface area contributed by atoms with Gasteiger partial charge in [0.25, 0.3) is 0 Å². The molecule has 1 unspecified atom stereocenters. The van der Waals surface area contributed by atoms with Gasteiger partial charge in [0, 0.05) is 5.56 Å². The summed E-state index contributed by atoms with van der Waals surface area (Å²) in [5, 5.41) is 25.2. The first kappa shape index (κ1) is 33.5. The zero-order valence-electron chi connectivity index (χ0n) is 27.5. The van der Waals surface area contributed by atoms with Gasteiger partial charge >= 0.3 is 6.03 Å². The quantitative estimate of drug-likeness (QED) is 0.205. The highest BCUT2D eigenvalue weighted by molar-refractivity contribution is 5.92. The van der Waals surface area contributed by atoms with Gasteiger partial charge in [-0.2, -0.15) is 0 Å². The molecule has 0 bridgehead atoms. The predicted molar refractivity (Wildman–Crippen MR) is 181 cm³/mol. The number of halogens is 1. The molecule has 1 aliphatic carbocycles. The molecule has 3 N–H and O–H groups in total. The van der Waals surface area contributed by atoms with Gasteiger partial charge in [0.1, 0.15) is 17.6 Å². The highest BCUT2D eigenvalue weighted by Gasteiger charge is 2.40. The summed E-state index contributed by atoms with van der Waals surface area (Å²) in [5.41, 5.74) is 4.68. The Morgan fingerprint density at radius 3 is 2.54 bits per heavy atom. The molecule has 0 saturated carbocycles. The van der Waals surface area contributed by atoms with Crippen LogP contribution in [-0.2, 0) is 17.6 Å². The van der Waals surface area contributed by atoms with Crippen LogP contribution < -0.4 is 20.1 Å². The monoisotopic (exact) mass is 648 g/mol. The van der Waals surface area contributed by atoms with Crippen molar-refractivity contribution in [1.82, 2.24) is 24.8 Å². The number of aliphatic hydroxyl groups excluding tert-OH is 1. The summed E-state index contributed by atoms with van der Waals surface area (Å²) in [5.74, 6) is 2.14. The average Bonchev–Trinajstić information content (AvgIpc) is 3.60. The number of benzene rings is 2. The molecule has 2 aliphatic rings. The van der Waals surface area contributed by atoms with Crippen molar-refractivity contribution in [3.8, 4) is 11.5 Å². The fraction of sp³-hybridized carbons (Fsp3) is 0.457. The van der Waals surface area contributed by atoms with Crippen LogP contribution >= 0.6 is 12.4 Å². The number of nitrogens with one attached hydrogen (secondary N) is 2. The fourth-order valence-electron chi connectivity index (χ4n) is 6.77. The Kier molecular flexibility index (Phi) is 9.54. The molecule has 2 amide bonds. The van der Waals surface area contributed by atoms with Crippen LogP contribution in [-0.4, -0.2) is 51.3 Å². The third kappa shape index (κ3) is 6.26. The summed E-state index contributed by atoms with van der Waals surface area (Å²) in [6, 6.07) is 15.4. The van der Waals surface area contributed by atoms with Crippen LogP contribution in [0, 0.1) is 0 Å². The van der Waals surface area contributed by atoms with Crippen molar-refractivity contribution in [2.24, 2.45) is 0 Å². The molecule has 2 aromatic carbocycles. The predicted octanol–water partition coefficient (Wildman–Crippen LogP) is 6.67. The lowest BCUT2D eigenvalue weighted by Crippen LogP contribution is -2.37. The number of nitrogens with zero attached hydrogens (tertiary/aromatic N) is 4. The number of hydrogen-bond acceptors (Lipinski definition) is 7. The number of amides is 2. The van der Waals surface area contributed by atoms with Crippen molar-refractivity contribution in [2.45, 2.75) is 83.1 Å². The van der Waals surface area contributed by atoms with E-state index in [1.54, 1.807) is 7.11 Å². The number of pyridine rings is 1. The SMILES string of the molecule is COc1c(CO)cc(C(C)(C)C)cc1NC(=O)N[C@H]1CC[C@@H](Oc2ccc3nnc(C4(C)CCCN4C)n3c2)c2ccccc21.Cl. The van der Waals surface area contributed by atoms with Crippen LogP contribution in [0.15, 0.2) is 54.7 Å². The average molecular weight is 649 g/mol. The number of carbonyl (C=O) groups is 1. The van der Waals surface area contributed by atoms with E-state index in [2.05, 4.69) is 77.0 Å². The number of ether oxygens (including phenoxy) is 2. The number of aromatic nitrogens is 3. The maximum absolute atomic E-state index is 13.4. The van der Waals surface area contributed by atoms with Crippen LogP contribution in [0.1, 0.15) is 93.6 Å². The number of anilines is 1. The lowest BCUT2D eigenvalue weighted by Gasteiger charge is -2.32. The molecule has 1 fully saturated rings. The minimum absolute atomic E-state index is 0. The standard InChI is InChI=1S/C35H44N6O4.ClH/c1-34(2,3)23-18-22(21-42)31(44-6)28(19-23)37-33(43)36-27-13-14-29(26-11-8-7-10-25(26)27)45-24-12-15-30-38-39-32(41(30)20-24)35(4)16-9-17-40(35)5;/h7-8,10-12,15,18-20,27,29,42H,9,13-14,16-17,21H2,1-6H3,(H2,36,37,43);1H/t27-,29+,35?;/m0./s1. The molecule has 10 nitrogen and oxygen atoms in total. The Labute approximate surface area is 276 Å². The maximum Gasteiger partial charge on any atom is 0.319 e. The van der Waals surface area contributed by atoms with Crippen molar-refractivity contribution >= 4 is 29.8 Å². The van der Waals surface area contributed by atoms with Crippen molar-refractivity contribution in [1.29, 1.82) is 0 Å². The Morgan fingerprint density at radius 2 is 1.87 bits per heavy atom. The number of rotatable bonds is 7. The van der Waals surface area contributed by atoms with Crippen LogP contribution in [0.2, 0.25) is 0 Å². The summed E-state index contributed by atoms with van der Waals surface area (Å²) in [6.07, 6.45) is 5.43. The van der Waals surface area contributed by atoms with Gasteiger partial charge < -0.3 is 25.2 Å². The first-order valence-corrected chi connectivity index (χ1v) is 15.7. The molecule has 6 rings (SSSR count). The topological polar surface area (TPSA) is 113 Å². The minimum Gasteiger partial charge on any atom is -0.494 e. The maximum atomic E-state index is 13.4. The van der Waals surface area contributed by atoms with Gasteiger partial charge in [0.2, 0.25) is 0 Å². The van der Waals surface area contributed by atoms with Crippen LogP contribution in [0.4, 0.5) is 10.5 Å². The third-order valence-corrected chi connectivity index (χ3v) is 9.53. The number of methoxy groups -OCH3 is 1. The molecule has 1 saturated heterocycles. The number of aliphatic hydroxyl groups is 1. The number of urea groups is 1. The molecule has 11 heteroatoms. The zero-order chi connectivity index (χ0) is 31.9. The van der Waals surface area contributed by atoms with E-state index < -0.39 is 0 Å². The Hall–Kier alpha value is -3.86. The van der Waals surface area contributed by atoms with Crippen molar-refractivity contribution in [3.63, 3.8) is 0 Å². The highest BCUT2D eigenvalue weighted by Crippen LogP contribution is 2.41. The fourth-order valence-corrected chi connectivity index (χ4v) is 6.77. The van der Waals surface area contributed by atoms with Gasteiger partial charge in [-0.1, -0.05) is 45.0 Å². The lowest BCUT2D eigenvalue weighted by atomic mass is 9.85. The highest BCUT2D eigenvalue weighted by atomic mass is 35.5. The zero-order valence-corrected chi connectivity index (χ0v) is 28.3. The number of carbonyl (C=O) groups excluding carboxylic acids is 1. The molecule has 0 spiro atoms. The first-order valence-electron chi connectivity index (χ1n) is 15.7. The molecule has 46 heavy (non-hydrogen) atoms. The Morgan fingerprint density at radius 1 is 1.11 bits per heavy atom. The minimum atomic E-state index is -0.335. The molecule has 2 aromatic heterocycles. The van der Waals surface area contributed by atoms with Gasteiger partial charge in [0.05, 0.1) is 37.2 Å². The summed E-state index contributed by atoms with van der Waals surface area (Å²) < 4.78 is 14.3. The van der Waals surface area contributed by atoms with Crippen molar-refractivity contribution in [3.05, 3.63) is 82.8 Å². The van der Waals surface area contributed by atoms with Crippen molar-refractivity contribution in [2.75, 3.05) is 26.0 Å². The molecule has 246 valence electrons. The lowest BCUT2D eigenvalue weighted by molar-refractivity contribution is 0.170. The van der Waals surface area contributed by atoms with E-state index in [0.29, 0.717) is 23.4 Å². The first-order chi connectivity index (χ1) is 21.5. The summed E-state index contributed by atoms with van der Waals surface area (Å²) in [6.45, 7) is 9.35. The van der Waals surface area contributed by atoms with Gasteiger partial charge in [-0.25, -0.2) is 4.79 Å². The molecule has 0 radical (unpaired) electrons. The van der Waals surface area contributed by atoms with E-state index in [1.807, 2.05) is 42.6 Å². The van der Waals surface area contributed by atoms with E-state index in [0.717, 1.165) is 59.7 Å². The van der Waals surface area contributed by atoms with Crippen LogP contribution in [0.3, 0.4) is 0 Å². The summed E-state index contributed by atoms with van der Waals surface area (Å²) in [4.78, 5) is 15.7. The molecule has 1 aliphatic heterocycles. The smallest absolute Gasteiger partial charge is 0.319 e. The molecule has 4 aromatic rings. The largest absolute Gasteiger partial charge is 0.494 e. The summed E-state index contributed by atoms with van der Waals surface area (Å²) in [7, 11) is 3.69. The van der Waals surface area contributed by atoms with E-state index in [9.17, 15) is 9.90 Å². The molecule has 3 heterocycles. The molecular formula is C35H45ClN6O4. The van der Waals surface area contributed by atoms with Crippen molar-refractivity contribution < 1.29 is 19.4 Å². The van der Waals surface area contributed by atoms with E-state index >= 15 is 0 Å². The molecule has 3 atom stereocenters. The normalized spacial score (nSPS) is 21.4. The van der Waals surface area contributed by atoms with E-state index in [-0.39, 0.29) is 48.1 Å². The second-order valence-corrected chi connectivity index (χ2v) is 13.5. The Bertz CT molecular complexity index is 1720. The van der Waals surface area contributed by atoms with Crippen LogP contribution in [0.25, 0.3) is 5.65 Å². The second kappa shape index (κ2) is 13.1. The Balaban J connectivity index is 0.00000417.